The van der Waals surface area contributed by atoms with Gasteiger partial charge >= 0.3 is 12.1 Å². The molecule has 0 aromatic heterocycles. The molecule has 1 fully saturated rings. The quantitative estimate of drug-likeness (QED) is 0.716. The Morgan fingerprint density at radius 3 is 2.52 bits per heavy atom. The van der Waals surface area contributed by atoms with Crippen LogP contribution in [-0.4, -0.2) is 34.7 Å². The van der Waals surface area contributed by atoms with Crippen molar-refractivity contribution in [3.63, 3.8) is 0 Å². The first kappa shape index (κ1) is 19.0. The number of rotatable bonds is 8. The molecule has 0 bridgehead atoms. The lowest BCUT2D eigenvalue weighted by Crippen LogP contribution is -2.46. The van der Waals surface area contributed by atoms with E-state index in [0.29, 0.717) is 12.3 Å². The van der Waals surface area contributed by atoms with Gasteiger partial charge in [0.25, 0.3) is 0 Å². The van der Waals surface area contributed by atoms with Crippen molar-refractivity contribution < 1.29 is 19.4 Å². The second-order valence-corrected chi connectivity index (χ2v) is 6.57. The van der Waals surface area contributed by atoms with Crippen LogP contribution in [0.1, 0.15) is 44.1 Å². The van der Waals surface area contributed by atoms with Gasteiger partial charge in [-0.15, -0.1) is 0 Å². The van der Waals surface area contributed by atoms with Gasteiger partial charge in [-0.25, -0.2) is 9.59 Å². The normalized spacial score (nSPS) is 16.0. The van der Waals surface area contributed by atoms with E-state index in [1.165, 1.54) is 17.4 Å². The molecule has 0 aliphatic heterocycles. The fourth-order valence-electron chi connectivity index (χ4n) is 3.40. The van der Waals surface area contributed by atoms with Crippen LogP contribution in [0.25, 0.3) is 0 Å². The summed E-state index contributed by atoms with van der Waals surface area (Å²) in [7, 11) is 0. The van der Waals surface area contributed by atoms with Crippen LogP contribution in [0, 0.1) is 5.92 Å². The predicted molar refractivity (Wildman–Crippen MR) is 96.1 cm³/mol. The first-order valence-corrected chi connectivity index (χ1v) is 8.93. The average Bonchev–Trinajstić information content (AvgIpc) is 2.64. The number of carboxylic acid groups (broad SMARTS) is 1. The van der Waals surface area contributed by atoms with Gasteiger partial charge in [0.15, 0.2) is 0 Å². The molecule has 1 aliphatic carbocycles. The molecule has 0 heterocycles. The van der Waals surface area contributed by atoms with Crippen molar-refractivity contribution in [1.82, 2.24) is 4.90 Å². The number of ether oxygens (including phenoxy) is 1. The molecule has 1 amide bonds. The second kappa shape index (κ2) is 9.87. The summed E-state index contributed by atoms with van der Waals surface area (Å²) in [5.74, 6) is -0.627. The SMILES string of the molecule is C=CCOC(=O)N(Cc1ccccc1)C(CC1CCCCC1)C(=O)O. The molecule has 1 aliphatic rings. The maximum absolute atomic E-state index is 12.5. The van der Waals surface area contributed by atoms with Crippen LogP contribution in [0.4, 0.5) is 4.79 Å². The summed E-state index contributed by atoms with van der Waals surface area (Å²) in [5.41, 5.74) is 0.882. The maximum atomic E-state index is 12.5. The molecule has 5 nitrogen and oxygen atoms in total. The van der Waals surface area contributed by atoms with E-state index >= 15 is 0 Å². The van der Waals surface area contributed by atoms with Gasteiger partial charge in [0.05, 0.1) is 0 Å². The van der Waals surface area contributed by atoms with Crippen LogP contribution in [0.3, 0.4) is 0 Å². The number of carboxylic acids is 1. The first-order valence-electron chi connectivity index (χ1n) is 8.93. The highest BCUT2D eigenvalue weighted by Crippen LogP contribution is 2.29. The Hall–Kier alpha value is -2.30. The Kier molecular flexibility index (Phi) is 7.51. The molecule has 1 unspecified atom stereocenters. The highest BCUT2D eigenvalue weighted by molar-refractivity contribution is 5.80. The highest BCUT2D eigenvalue weighted by atomic mass is 16.6. The van der Waals surface area contributed by atoms with Crippen LogP contribution >= 0.6 is 0 Å². The fraction of sp³-hybridized carbons (Fsp3) is 0.500. The van der Waals surface area contributed by atoms with Crippen molar-refractivity contribution >= 4 is 12.1 Å². The molecule has 1 aromatic carbocycles. The van der Waals surface area contributed by atoms with Gasteiger partial charge in [0.2, 0.25) is 0 Å². The maximum Gasteiger partial charge on any atom is 0.411 e. The third-order valence-corrected chi connectivity index (χ3v) is 4.70. The van der Waals surface area contributed by atoms with Crippen LogP contribution < -0.4 is 0 Å². The largest absolute Gasteiger partial charge is 0.480 e. The molecule has 1 saturated carbocycles. The standard InChI is InChI=1S/C20H27NO4/c1-2-13-25-20(24)21(15-17-11-7-4-8-12-17)18(19(22)23)14-16-9-5-3-6-10-16/h2,4,7-8,11-12,16,18H,1,3,5-6,9-10,13-15H2,(H,22,23). The minimum Gasteiger partial charge on any atom is -0.480 e. The van der Waals surface area contributed by atoms with Crippen LogP contribution in [0.15, 0.2) is 43.0 Å². The van der Waals surface area contributed by atoms with E-state index < -0.39 is 18.1 Å². The van der Waals surface area contributed by atoms with Gasteiger partial charge < -0.3 is 9.84 Å². The van der Waals surface area contributed by atoms with Gasteiger partial charge in [-0.2, -0.15) is 0 Å². The number of hydrogen-bond acceptors (Lipinski definition) is 3. The van der Waals surface area contributed by atoms with E-state index in [1.807, 2.05) is 30.3 Å². The van der Waals surface area contributed by atoms with Crippen molar-refractivity contribution in [2.75, 3.05) is 6.61 Å². The van der Waals surface area contributed by atoms with Gasteiger partial charge in [-0.3, -0.25) is 4.90 Å². The molecular formula is C20H27NO4. The van der Waals surface area contributed by atoms with Crippen molar-refractivity contribution in [2.45, 2.75) is 51.1 Å². The minimum atomic E-state index is -0.975. The number of hydrogen-bond donors (Lipinski definition) is 1. The van der Waals surface area contributed by atoms with E-state index in [9.17, 15) is 14.7 Å². The Balaban J connectivity index is 2.17. The molecular weight excluding hydrogens is 318 g/mol. The Labute approximate surface area is 149 Å². The summed E-state index contributed by atoms with van der Waals surface area (Å²) in [4.78, 5) is 25.7. The smallest absolute Gasteiger partial charge is 0.411 e. The Morgan fingerprint density at radius 1 is 1.24 bits per heavy atom. The number of aliphatic carboxylic acids is 1. The summed E-state index contributed by atoms with van der Waals surface area (Å²) in [6, 6.07) is 8.53. The van der Waals surface area contributed by atoms with Gasteiger partial charge in [0.1, 0.15) is 12.6 Å². The zero-order valence-corrected chi connectivity index (χ0v) is 14.6. The van der Waals surface area contributed by atoms with Gasteiger partial charge in [-0.05, 0) is 17.9 Å². The number of carbonyl (C=O) groups excluding carboxylic acids is 1. The van der Waals surface area contributed by atoms with Crippen LogP contribution in [0.5, 0.6) is 0 Å². The molecule has 136 valence electrons. The van der Waals surface area contributed by atoms with Crippen molar-refractivity contribution in [2.24, 2.45) is 5.92 Å². The summed E-state index contributed by atoms with van der Waals surface area (Å²) in [5, 5.41) is 9.76. The second-order valence-electron chi connectivity index (χ2n) is 6.57. The third-order valence-electron chi connectivity index (χ3n) is 4.70. The van der Waals surface area contributed by atoms with E-state index in [4.69, 9.17) is 4.74 Å². The molecule has 2 rings (SSSR count). The summed E-state index contributed by atoms with van der Waals surface area (Å²) in [6.45, 7) is 3.83. The molecule has 5 heteroatoms. The monoisotopic (exact) mass is 345 g/mol. The van der Waals surface area contributed by atoms with Crippen molar-refractivity contribution in [1.29, 1.82) is 0 Å². The van der Waals surface area contributed by atoms with E-state index in [-0.39, 0.29) is 13.2 Å². The number of amides is 1. The summed E-state index contributed by atoms with van der Waals surface area (Å²) in [6.07, 6.45) is 6.90. The number of benzene rings is 1. The zero-order chi connectivity index (χ0) is 18.1. The van der Waals surface area contributed by atoms with Crippen molar-refractivity contribution in [3.05, 3.63) is 48.6 Å². The van der Waals surface area contributed by atoms with Gasteiger partial charge in [-0.1, -0.05) is 75.1 Å². The number of carbonyl (C=O) groups is 2. The Morgan fingerprint density at radius 2 is 1.92 bits per heavy atom. The topological polar surface area (TPSA) is 66.8 Å². The predicted octanol–water partition coefficient (Wildman–Crippen LogP) is 4.23. The summed E-state index contributed by atoms with van der Waals surface area (Å²) < 4.78 is 5.15. The lowest BCUT2D eigenvalue weighted by Gasteiger charge is -2.32. The fourth-order valence-corrected chi connectivity index (χ4v) is 3.40. The molecule has 25 heavy (non-hydrogen) atoms. The van der Waals surface area contributed by atoms with Crippen LogP contribution in [-0.2, 0) is 16.1 Å². The number of nitrogens with zero attached hydrogens (tertiary/aromatic N) is 1. The molecule has 1 N–H and O–H groups in total. The van der Waals surface area contributed by atoms with Crippen LogP contribution in [0.2, 0.25) is 0 Å². The molecule has 1 aromatic rings. The lowest BCUT2D eigenvalue weighted by molar-refractivity contribution is -0.143. The molecule has 0 saturated heterocycles. The lowest BCUT2D eigenvalue weighted by atomic mass is 9.84. The minimum absolute atomic E-state index is 0.0693. The Bertz CT molecular complexity index is 566. The van der Waals surface area contributed by atoms with E-state index in [1.54, 1.807) is 0 Å². The zero-order valence-electron chi connectivity index (χ0n) is 14.6. The highest BCUT2D eigenvalue weighted by Gasteiger charge is 2.33. The third kappa shape index (κ3) is 5.93. The molecule has 0 spiro atoms. The van der Waals surface area contributed by atoms with Gasteiger partial charge in [0, 0.05) is 6.54 Å². The van der Waals surface area contributed by atoms with E-state index in [2.05, 4.69) is 6.58 Å². The summed E-state index contributed by atoms with van der Waals surface area (Å²) >= 11 is 0. The molecule has 0 radical (unpaired) electrons. The van der Waals surface area contributed by atoms with Crippen molar-refractivity contribution in [3.8, 4) is 0 Å². The molecule has 1 atom stereocenters. The first-order chi connectivity index (χ1) is 12.1. The van der Waals surface area contributed by atoms with E-state index in [0.717, 1.165) is 31.2 Å². The average molecular weight is 345 g/mol.